The zero-order valence-corrected chi connectivity index (χ0v) is 15.0. The van der Waals surface area contributed by atoms with Crippen LogP contribution in [0.25, 0.3) is 0 Å². The molecule has 1 heterocycles. The van der Waals surface area contributed by atoms with Crippen molar-refractivity contribution in [2.45, 2.75) is 12.8 Å². The zero-order valence-electron chi connectivity index (χ0n) is 12.7. The number of hydrogen-bond acceptors (Lipinski definition) is 5. The van der Waals surface area contributed by atoms with Gasteiger partial charge in [0, 0.05) is 22.2 Å². The van der Waals surface area contributed by atoms with Gasteiger partial charge >= 0.3 is 5.97 Å². The molecule has 0 atom stereocenters. The van der Waals surface area contributed by atoms with Crippen molar-refractivity contribution in [2.75, 3.05) is 25.1 Å². The van der Waals surface area contributed by atoms with Crippen molar-refractivity contribution in [1.29, 1.82) is 0 Å². The Morgan fingerprint density at radius 1 is 1.25 bits per heavy atom. The maximum Gasteiger partial charge on any atom is 0.307 e. The number of halogens is 2. The van der Waals surface area contributed by atoms with Crippen LogP contribution < -0.4 is 5.32 Å². The second-order valence-electron chi connectivity index (χ2n) is 4.93. The first-order valence-corrected chi connectivity index (χ1v) is 8.87. The lowest BCUT2D eigenvalue weighted by molar-refractivity contribution is -0.136. The number of para-hydroxylation sites is 1. The predicted octanol–water partition coefficient (Wildman–Crippen LogP) is 3.98. The summed E-state index contributed by atoms with van der Waals surface area (Å²) in [4.78, 5) is 12.1. The molecule has 0 saturated heterocycles. The van der Waals surface area contributed by atoms with Crippen molar-refractivity contribution < 1.29 is 19.7 Å². The van der Waals surface area contributed by atoms with Gasteiger partial charge in [0.05, 0.1) is 47.7 Å². The third kappa shape index (κ3) is 5.09. The summed E-state index contributed by atoms with van der Waals surface area (Å²) in [5.74, 6) is -0.917. The van der Waals surface area contributed by atoms with E-state index in [1.165, 1.54) is 11.3 Å². The summed E-state index contributed by atoms with van der Waals surface area (Å²) in [6.07, 6.45) is 0.467. The van der Waals surface area contributed by atoms with Gasteiger partial charge < -0.3 is 20.3 Å². The summed E-state index contributed by atoms with van der Waals surface area (Å²) in [7, 11) is 0. The van der Waals surface area contributed by atoms with Crippen LogP contribution in [-0.2, 0) is 22.4 Å². The maximum absolute atomic E-state index is 11.2. The third-order valence-electron chi connectivity index (χ3n) is 3.24. The van der Waals surface area contributed by atoms with Crippen molar-refractivity contribution in [1.82, 2.24) is 0 Å². The maximum atomic E-state index is 11.2. The van der Waals surface area contributed by atoms with Crippen molar-refractivity contribution in [2.24, 2.45) is 0 Å². The van der Waals surface area contributed by atoms with E-state index in [1.54, 1.807) is 18.2 Å². The van der Waals surface area contributed by atoms with Crippen LogP contribution in [0.4, 0.5) is 11.4 Å². The number of hydrogen-bond donors (Lipinski definition) is 3. The van der Waals surface area contributed by atoms with E-state index in [4.69, 9.17) is 33.0 Å². The Bertz CT molecular complexity index is 685. The van der Waals surface area contributed by atoms with E-state index in [9.17, 15) is 9.90 Å². The molecule has 0 saturated carbocycles. The first-order valence-electron chi connectivity index (χ1n) is 7.23. The van der Waals surface area contributed by atoms with Crippen molar-refractivity contribution in [3.8, 4) is 0 Å². The number of carboxylic acids is 1. The van der Waals surface area contributed by atoms with Crippen LogP contribution in [0.5, 0.6) is 0 Å². The fraction of sp³-hybridized carbons (Fsp3) is 0.312. The molecule has 2 aromatic rings. The van der Waals surface area contributed by atoms with E-state index in [-0.39, 0.29) is 19.6 Å². The van der Waals surface area contributed by atoms with E-state index in [2.05, 4.69) is 5.32 Å². The second kappa shape index (κ2) is 9.25. The van der Waals surface area contributed by atoms with Crippen LogP contribution in [-0.4, -0.2) is 36.0 Å². The molecule has 0 amide bonds. The Labute approximate surface area is 153 Å². The molecule has 0 spiro atoms. The van der Waals surface area contributed by atoms with Crippen molar-refractivity contribution in [3.05, 3.63) is 44.1 Å². The monoisotopic (exact) mass is 389 g/mol. The second-order valence-corrected chi connectivity index (χ2v) is 6.71. The van der Waals surface area contributed by atoms with Crippen LogP contribution in [0, 0.1) is 0 Å². The number of aliphatic carboxylic acids is 1. The summed E-state index contributed by atoms with van der Waals surface area (Å²) < 4.78 is 5.26. The van der Waals surface area contributed by atoms with Crippen LogP contribution in [0.2, 0.25) is 10.0 Å². The molecule has 8 heteroatoms. The Balaban J connectivity index is 2.22. The molecule has 0 radical (unpaired) electrons. The van der Waals surface area contributed by atoms with Crippen molar-refractivity contribution >= 4 is 51.9 Å². The first-order chi connectivity index (χ1) is 11.5. The van der Waals surface area contributed by atoms with Crippen LogP contribution in [0.15, 0.2) is 23.6 Å². The molecule has 0 aliphatic carbocycles. The van der Waals surface area contributed by atoms with Gasteiger partial charge in [0.25, 0.3) is 0 Å². The van der Waals surface area contributed by atoms with Gasteiger partial charge in [0.2, 0.25) is 0 Å². The lowest BCUT2D eigenvalue weighted by atomic mass is 10.1. The standard InChI is InChI=1S/C16H17Cl2NO4S/c17-11-2-1-3-12(18)16(11)19-13-9-24-14(4-6-23-7-5-20)10(13)8-15(21)22/h1-3,9,19-20H,4-8H2,(H,21,22). The molecular formula is C16H17Cl2NO4S. The summed E-state index contributed by atoms with van der Waals surface area (Å²) in [6, 6.07) is 5.16. The number of rotatable bonds is 9. The lowest BCUT2D eigenvalue weighted by Crippen LogP contribution is -2.07. The molecule has 2 rings (SSSR count). The van der Waals surface area contributed by atoms with Gasteiger partial charge in [-0.05, 0) is 12.1 Å². The molecule has 1 aromatic heterocycles. The molecule has 0 unspecified atom stereocenters. The topological polar surface area (TPSA) is 78.8 Å². The molecule has 24 heavy (non-hydrogen) atoms. The minimum absolute atomic E-state index is 0.0375. The Hall–Kier alpha value is -1.31. The highest BCUT2D eigenvalue weighted by atomic mass is 35.5. The van der Waals surface area contributed by atoms with E-state index in [0.717, 1.165) is 4.88 Å². The highest BCUT2D eigenvalue weighted by Gasteiger charge is 2.17. The van der Waals surface area contributed by atoms with E-state index in [0.29, 0.717) is 40.0 Å². The summed E-state index contributed by atoms with van der Waals surface area (Å²) in [6.45, 7) is 0.643. The normalized spacial score (nSPS) is 10.8. The molecule has 130 valence electrons. The van der Waals surface area contributed by atoms with Crippen molar-refractivity contribution in [3.63, 3.8) is 0 Å². The van der Waals surface area contributed by atoms with Gasteiger partial charge in [0.1, 0.15) is 0 Å². The average Bonchev–Trinajstić information content (AvgIpc) is 2.89. The number of nitrogens with one attached hydrogen (secondary N) is 1. The fourth-order valence-corrected chi connectivity index (χ4v) is 3.64. The van der Waals surface area contributed by atoms with Gasteiger partial charge in [-0.25, -0.2) is 0 Å². The molecular weight excluding hydrogens is 373 g/mol. The van der Waals surface area contributed by atoms with Gasteiger partial charge in [-0.1, -0.05) is 29.3 Å². The van der Waals surface area contributed by atoms with E-state index >= 15 is 0 Å². The molecule has 0 fully saturated rings. The number of aliphatic hydroxyl groups is 1. The Kier molecular flexibility index (Phi) is 7.33. The van der Waals surface area contributed by atoms with Crippen LogP contribution in [0.3, 0.4) is 0 Å². The lowest BCUT2D eigenvalue weighted by Gasteiger charge is -2.11. The summed E-state index contributed by atoms with van der Waals surface area (Å²) >= 11 is 13.8. The number of ether oxygens (including phenoxy) is 1. The molecule has 5 nitrogen and oxygen atoms in total. The number of anilines is 2. The highest BCUT2D eigenvalue weighted by Crippen LogP contribution is 2.36. The number of benzene rings is 1. The molecule has 0 aliphatic rings. The van der Waals surface area contributed by atoms with Gasteiger partial charge in [-0.15, -0.1) is 11.3 Å². The van der Waals surface area contributed by atoms with Crippen LogP contribution >= 0.6 is 34.5 Å². The van der Waals surface area contributed by atoms with Gasteiger partial charge in [0.15, 0.2) is 0 Å². The van der Waals surface area contributed by atoms with E-state index in [1.807, 2.05) is 5.38 Å². The number of thiophene rings is 1. The first kappa shape index (κ1) is 19.0. The minimum Gasteiger partial charge on any atom is -0.481 e. The molecule has 1 aromatic carbocycles. The smallest absolute Gasteiger partial charge is 0.307 e. The predicted molar refractivity (Wildman–Crippen MR) is 97.0 cm³/mol. The third-order valence-corrected chi connectivity index (χ3v) is 4.96. The molecule has 0 aliphatic heterocycles. The quantitative estimate of drug-likeness (QED) is 0.565. The SMILES string of the molecule is O=C(O)Cc1c(Nc2c(Cl)cccc2Cl)csc1CCOCCO. The summed E-state index contributed by atoms with van der Waals surface area (Å²) in [5, 5.41) is 23.8. The average molecular weight is 390 g/mol. The molecule has 0 bridgehead atoms. The van der Waals surface area contributed by atoms with Crippen LogP contribution in [0.1, 0.15) is 10.4 Å². The zero-order chi connectivity index (χ0) is 17.5. The molecule has 3 N–H and O–H groups in total. The largest absolute Gasteiger partial charge is 0.481 e. The Morgan fingerprint density at radius 2 is 1.96 bits per heavy atom. The highest BCUT2D eigenvalue weighted by molar-refractivity contribution is 7.10. The minimum atomic E-state index is -0.917. The number of carboxylic acid groups (broad SMARTS) is 1. The summed E-state index contributed by atoms with van der Waals surface area (Å²) in [5.41, 5.74) is 1.92. The van der Waals surface area contributed by atoms with Gasteiger partial charge in [-0.3, -0.25) is 4.79 Å². The van der Waals surface area contributed by atoms with Gasteiger partial charge in [-0.2, -0.15) is 0 Å². The Morgan fingerprint density at radius 3 is 2.58 bits per heavy atom. The number of aliphatic hydroxyl groups excluding tert-OH is 1. The number of carbonyl (C=O) groups is 1. The fourth-order valence-electron chi connectivity index (χ4n) is 2.17. The van der Waals surface area contributed by atoms with E-state index < -0.39 is 5.97 Å².